The predicted octanol–water partition coefficient (Wildman–Crippen LogP) is 5.72. The van der Waals surface area contributed by atoms with Gasteiger partial charge >= 0.3 is 0 Å². The van der Waals surface area contributed by atoms with Gasteiger partial charge in [0, 0.05) is 6.04 Å². The maximum absolute atomic E-state index is 3.90. The van der Waals surface area contributed by atoms with E-state index in [4.69, 9.17) is 0 Å². The molecule has 0 heterocycles. The van der Waals surface area contributed by atoms with Crippen LogP contribution in [0.2, 0.25) is 0 Å². The molecule has 0 aliphatic heterocycles. The van der Waals surface area contributed by atoms with Crippen molar-refractivity contribution in [2.45, 2.75) is 71.3 Å². The first-order valence-electron chi connectivity index (χ1n) is 9.09. The SMILES string of the molecule is CCCCCC(NCC1CCCCC1C)c1ccccc1. The molecule has 1 fully saturated rings. The molecule has 1 N–H and O–H groups in total. The second kappa shape index (κ2) is 9.25. The van der Waals surface area contributed by atoms with Gasteiger partial charge in [-0.05, 0) is 36.8 Å². The van der Waals surface area contributed by atoms with Gasteiger partial charge in [0.2, 0.25) is 0 Å². The molecule has 1 aliphatic carbocycles. The predicted molar refractivity (Wildman–Crippen MR) is 92.4 cm³/mol. The Kier molecular flexibility index (Phi) is 7.29. The third kappa shape index (κ3) is 5.47. The van der Waals surface area contributed by atoms with E-state index in [9.17, 15) is 0 Å². The van der Waals surface area contributed by atoms with Crippen LogP contribution in [-0.2, 0) is 0 Å². The third-order valence-corrected chi connectivity index (χ3v) is 5.21. The molecule has 0 bridgehead atoms. The first-order valence-corrected chi connectivity index (χ1v) is 9.09. The van der Waals surface area contributed by atoms with E-state index in [1.54, 1.807) is 0 Å². The summed E-state index contributed by atoms with van der Waals surface area (Å²) >= 11 is 0. The average Bonchev–Trinajstić information content (AvgIpc) is 2.53. The number of nitrogens with one attached hydrogen (secondary N) is 1. The molecule has 1 heteroatoms. The van der Waals surface area contributed by atoms with E-state index in [-0.39, 0.29) is 0 Å². The summed E-state index contributed by atoms with van der Waals surface area (Å²) in [5, 5.41) is 3.90. The van der Waals surface area contributed by atoms with Crippen molar-refractivity contribution in [3.05, 3.63) is 35.9 Å². The Bertz CT molecular complexity index is 373. The van der Waals surface area contributed by atoms with Gasteiger partial charge in [-0.1, -0.05) is 82.7 Å². The minimum absolute atomic E-state index is 0.548. The van der Waals surface area contributed by atoms with Crippen molar-refractivity contribution in [2.75, 3.05) is 6.54 Å². The molecule has 21 heavy (non-hydrogen) atoms. The van der Waals surface area contributed by atoms with E-state index in [2.05, 4.69) is 49.5 Å². The minimum Gasteiger partial charge on any atom is -0.310 e. The number of hydrogen-bond donors (Lipinski definition) is 1. The van der Waals surface area contributed by atoms with Crippen molar-refractivity contribution < 1.29 is 0 Å². The molecular weight excluding hydrogens is 254 g/mol. The van der Waals surface area contributed by atoms with Crippen LogP contribution in [0.25, 0.3) is 0 Å². The molecule has 0 radical (unpaired) electrons. The topological polar surface area (TPSA) is 12.0 Å². The second-order valence-corrected chi connectivity index (χ2v) is 6.89. The van der Waals surface area contributed by atoms with Gasteiger partial charge in [0.05, 0.1) is 0 Å². The molecule has 0 spiro atoms. The molecule has 1 saturated carbocycles. The summed E-state index contributed by atoms with van der Waals surface area (Å²) in [5.41, 5.74) is 1.47. The van der Waals surface area contributed by atoms with E-state index in [1.807, 2.05) is 0 Å². The van der Waals surface area contributed by atoms with Gasteiger partial charge < -0.3 is 5.32 Å². The van der Waals surface area contributed by atoms with Crippen LogP contribution in [0.4, 0.5) is 0 Å². The van der Waals surface area contributed by atoms with Gasteiger partial charge in [0.25, 0.3) is 0 Å². The van der Waals surface area contributed by atoms with E-state index in [1.165, 1.54) is 63.5 Å². The van der Waals surface area contributed by atoms with Crippen molar-refractivity contribution in [3.63, 3.8) is 0 Å². The number of hydrogen-bond acceptors (Lipinski definition) is 1. The van der Waals surface area contributed by atoms with Crippen LogP contribution in [0.5, 0.6) is 0 Å². The van der Waals surface area contributed by atoms with Crippen LogP contribution in [0.3, 0.4) is 0 Å². The fraction of sp³-hybridized carbons (Fsp3) is 0.700. The van der Waals surface area contributed by atoms with Crippen molar-refractivity contribution in [1.82, 2.24) is 5.32 Å². The Balaban J connectivity index is 1.89. The zero-order valence-electron chi connectivity index (χ0n) is 14.0. The zero-order valence-corrected chi connectivity index (χ0v) is 14.0. The van der Waals surface area contributed by atoms with Crippen LogP contribution in [0, 0.1) is 11.8 Å². The Morgan fingerprint density at radius 3 is 2.57 bits per heavy atom. The standard InChI is InChI=1S/C20H33N/c1-3-4-6-15-20(18-12-7-5-8-13-18)21-16-19-14-10-9-11-17(19)2/h5,7-8,12-13,17,19-21H,3-4,6,9-11,14-16H2,1-2H3. The lowest BCUT2D eigenvalue weighted by Crippen LogP contribution is -2.32. The summed E-state index contributed by atoms with van der Waals surface area (Å²) in [7, 11) is 0. The van der Waals surface area contributed by atoms with Crippen LogP contribution >= 0.6 is 0 Å². The largest absolute Gasteiger partial charge is 0.310 e. The lowest BCUT2D eigenvalue weighted by atomic mass is 9.80. The highest BCUT2D eigenvalue weighted by Gasteiger charge is 2.22. The molecule has 1 aliphatic rings. The van der Waals surface area contributed by atoms with Crippen LogP contribution in [-0.4, -0.2) is 6.54 Å². The van der Waals surface area contributed by atoms with Crippen LogP contribution < -0.4 is 5.32 Å². The summed E-state index contributed by atoms with van der Waals surface area (Å²) in [6, 6.07) is 11.6. The van der Waals surface area contributed by atoms with Gasteiger partial charge in [0.1, 0.15) is 0 Å². The monoisotopic (exact) mass is 287 g/mol. The quantitative estimate of drug-likeness (QED) is 0.603. The van der Waals surface area contributed by atoms with Gasteiger partial charge in [-0.3, -0.25) is 0 Å². The molecule has 0 saturated heterocycles. The highest BCUT2D eigenvalue weighted by molar-refractivity contribution is 5.18. The maximum atomic E-state index is 3.90. The lowest BCUT2D eigenvalue weighted by molar-refractivity contribution is 0.238. The van der Waals surface area contributed by atoms with Gasteiger partial charge in [0.15, 0.2) is 0 Å². The number of benzene rings is 1. The van der Waals surface area contributed by atoms with E-state index >= 15 is 0 Å². The Morgan fingerprint density at radius 1 is 1.10 bits per heavy atom. The summed E-state index contributed by atoms with van der Waals surface area (Å²) in [4.78, 5) is 0. The zero-order chi connectivity index (χ0) is 14.9. The molecule has 118 valence electrons. The highest BCUT2D eigenvalue weighted by atomic mass is 14.9. The normalized spacial score (nSPS) is 23.9. The summed E-state index contributed by atoms with van der Waals surface area (Å²) < 4.78 is 0. The van der Waals surface area contributed by atoms with E-state index in [0.717, 1.165) is 11.8 Å². The fourth-order valence-electron chi connectivity index (χ4n) is 3.66. The first-order chi connectivity index (χ1) is 10.3. The molecule has 1 aromatic carbocycles. The molecule has 0 aromatic heterocycles. The second-order valence-electron chi connectivity index (χ2n) is 6.89. The Morgan fingerprint density at radius 2 is 1.86 bits per heavy atom. The number of rotatable bonds is 8. The van der Waals surface area contributed by atoms with Gasteiger partial charge in [-0.2, -0.15) is 0 Å². The summed E-state index contributed by atoms with van der Waals surface area (Å²) in [6.45, 7) is 5.93. The molecule has 1 aromatic rings. The molecular formula is C20H33N. The number of unbranched alkanes of at least 4 members (excludes halogenated alkanes) is 2. The summed E-state index contributed by atoms with van der Waals surface area (Å²) in [6.07, 6.45) is 11.0. The van der Waals surface area contributed by atoms with E-state index in [0.29, 0.717) is 6.04 Å². The molecule has 3 atom stereocenters. The minimum atomic E-state index is 0.548. The van der Waals surface area contributed by atoms with Gasteiger partial charge in [-0.15, -0.1) is 0 Å². The smallest absolute Gasteiger partial charge is 0.0320 e. The summed E-state index contributed by atoms with van der Waals surface area (Å²) in [5.74, 6) is 1.79. The molecule has 1 nitrogen and oxygen atoms in total. The van der Waals surface area contributed by atoms with Crippen LogP contribution in [0.15, 0.2) is 30.3 Å². The van der Waals surface area contributed by atoms with Crippen molar-refractivity contribution in [1.29, 1.82) is 0 Å². The lowest BCUT2D eigenvalue weighted by Gasteiger charge is -2.31. The van der Waals surface area contributed by atoms with Gasteiger partial charge in [-0.25, -0.2) is 0 Å². The van der Waals surface area contributed by atoms with Crippen molar-refractivity contribution >= 4 is 0 Å². The third-order valence-electron chi connectivity index (χ3n) is 5.21. The van der Waals surface area contributed by atoms with Crippen molar-refractivity contribution in [3.8, 4) is 0 Å². The Labute approximate surface area is 131 Å². The molecule has 3 unspecified atom stereocenters. The maximum Gasteiger partial charge on any atom is 0.0320 e. The fourth-order valence-corrected chi connectivity index (χ4v) is 3.66. The first kappa shape index (κ1) is 16.5. The Hall–Kier alpha value is -0.820. The van der Waals surface area contributed by atoms with Crippen LogP contribution in [0.1, 0.15) is 76.8 Å². The van der Waals surface area contributed by atoms with Crippen molar-refractivity contribution in [2.24, 2.45) is 11.8 Å². The average molecular weight is 287 g/mol. The van der Waals surface area contributed by atoms with E-state index < -0.39 is 0 Å². The molecule has 2 rings (SSSR count). The highest BCUT2D eigenvalue weighted by Crippen LogP contribution is 2.30. The molecule has 0 amide bonds.